The Morgan fingerprint density at radius 2 is 1.76 bits per heavy atom. The fourth-order valence-corrected chi connectivity index (χ4v) is 5.77. The van der Waals surface area contributed by atoms with Gasteiger partial charge in [0.1, 0.15) is 17.1 Å². The molecule has 1 aliphatic heterocycles. The molecule has 238 valence electrons. The third kappa shape index (κ3) is 6.54. The molecule has 10 heteroatoms. The number of hydrogen-bond donors (Lipinski definition) is 2. The number of aromatic hydroxyl groups is 1. The molecule has 1 aliphatic rings. The van der Waals surface area contributed by atoms with Crippen molar-refractivity contribution >= 4 is 17.5 Å². The van der Waals surface area contributed by atoms with E-state index < -0.39 is 6.04 Å². The highest BCUT2D eigenvalue weighted by Gasteiger charge is 2.42. The Labute approximate surface area is 269 Å². The fourth-order valence-electron chi connectivity index (χ4n) is 5.61. The van der Waals surface area contributed by atoms with Crippen LogP contribution in [0, 0.1) is 12.8 Å². The molecule has 0 radical (unpaired) electrons. The SMILES string of the molecule is CCOc1cc(C2c3c(-c4cc(Cl)c(C)cc4O)n[nH]c3C(=O)N2CCc2ccc(OC)c(OC)c2)ccc1OCCC(C)C. The summed E-state index contributed by atoms with van der Waals surface area (Å²) in [6.07, 6.45) is 1.48. The third-order valence-corrected chi connectivity index (χ3v) is 8.43. The number of nitrogens with zero attached hydrogens (tertiary/aromatic N) is 2. The Balaban J connectivity index is 1.58. The van der Waals surface area contributed by atoms with Gasteiger partial charge in [0.25, 0.3) is 5.91 Å². The number of hydrogen-bond acceptors (Lipinski definition) is 7. The van der Waals surface area contributed by atoms with Gasteiger partial charge in [-0.1, -0.05) is 37.6 Å². The number of phenols is 1. The maximum absolute atomic E-state index is 14.0. The molecule has 1 unspecified atom stereocenters. The number of rotatable bonds is 13. The lowest BCUT2D eigenvalue weighted by atomic mass is 9.94. The average molecular weight is 634 g/mol. The maximum atomic E-state index is 14.0. The predicted molar refractivity (Wildman–Crippen MR) is 174 cm³/mol. The molecule has 9 nitrogen and oxygen atoms in total. The molecule has 0 bridgehead atoms. The number of amides is 1. The molecule has 1 atom stereocenters. The fraction of sp³-hybridized carbons (Fsp3) is 0.371. The number of H-pyrrole nitrogens is 1. The molecule has 0 fully saturated rings. The van der Waals surface area contributed by atoms with Crippen LogP contribution >= 0.6 is 11.6 Å². The van der Waals surface area contributed by atoms with E-state index >= 15 is 0 Å². The molecule has 5 rings (SSSR count). The van der Waals surface area contributed by atoms with Crippen LogP contribution < -0.4 is 18.9 Å². The summed E-state index contributed by atoms with van der Waals surface area (Å²) in [5.41, 5.74) is 4.50. The van der Waals surface area contributed by atoms with Crippen molar-refractivity contribution in [3.05, 3.63) is 81.5 Å². The highest BCUT2D eigenvalue weighted by Crippen LogP contribution is 2.47. The zero-order valence-corrected chi connectivity index (χ0v) is 27.3. The summed E-state index contributed by atoms with van der Waals surface area (Å²) in [7, 11) is 3.20. The molecular formula is C35H40ClN3O6. The first kappa shape index (κ1) is 32.0. The Hall–Kier alpha value is -4.37. The van der Waals surface area contributed by atoms with Crippen molar-refractivity contribution in [3.8, 4) is 40.0 Å². The van der Waals surface area contributed by atoms with Crippen LogP contribution in [0.2, 0.25) is 5.02 Å². The molecule has 1 aromatic heterocycles. The summed E-state index contributed by atoms with van der Waals surface area (Å²) in [5, 5.41) is 18.9. The number of benzene rings is 3. The van der Waals surface area contributed by atoms with Crippen LogP contribution in [0.15, 0.2) is 48.5 Å². The lowest BCUT2D eigenvalue weighted by Crippen LogP contribution is -2.31. The molecule has 0 spiro atoms. The summed E-state index contributed by atoms with van der Waals surface area (Å²) in [4.78, 5) is 15.8. The largest absolute Gasteiger partial charge is 0.507 e. The van der Waals surface area contributed by atoms with E-state index in [0.29, 0.717) is 82.6 Å². The zero-order valence-electron chi connectivity index (χ0n) is 26.6. The predicted octanol–water partition coefficient (Wildman–Crippen LogP) is 7.37. The Bertz CT molecular complexity index is 1680. The van der Waals surface area contributed by atoms with Crippen molar-refractivity contribution in [2.24, 2.45) is 5.92 Å². The molecule has 2 heterocycles. The first-order chi connectivity index (χ1) is 21.7. The Morgan fingerprint density at radius 1 is 1.00 bits per heavy atom. The second-order valence-electron chi connectivity index (χ2n) is 11.5. The maximum Gasteiger partial charge on any atom is 0.273 e. The van der Waals surface area contributed by atoms with Gasteiger partial charge in [-0.15, -0.1) is 0 Å². The molecule has 4 aromatic rings. The molecular weight excluding hydrogens is 594 g/mol. The monoisotopic (exact) mass is 633 g/mol. The normalized spacial score (nSPS) is 14.2. The van der Waals surface area contributed by atoms with Gasteiger partial charge in [0.2, 0.25) is 0 Å². The summed E-state index contributed by atoms with van der Waals surface area (Å²) in [6, 6.07) is 14.3. The number of aryl methyl sites for hydroxylation is 1. The minimum atomic E-state index is -0.523. The van der Waals surface area contributed by atoms with E-state index in [4.69, 9.17) is 30.5 Å². The minimum absolute atomic E-state index is 0.0325. The number of carbonyl (C=O) groups is 1. The highest BCUT2D eigenvalue weighted by molar-refractivity contribution is 6.31. The number of halogens is 1. The van der Waals surface area contributed by atoms with Crippen molar-refractivity contribution in [2.75, 3.05) is 34.0 Å². The zero-order chi connectivity index (χ0) is 32.2. The number of methoxy groups -OCH3 is 2. The lowest BCUT2D eigenvalue weighted by molar-refractivity contribution is 0.0745. The van der Waals surface area contributed by atoms with E-state index in [2.05, 4.69) is 24.0 Å². The second kappa shape index (κ2) is 13.7. The van der Waals surface area contributed by atoms with E-state index in [9.17, 15) is 9.90 Å². The standard InChI is InChI=1S/C35H40ClN3O6/c1-7-44-30-18-23(9-11-28(30)45-15-13-20(2)3)34-31-32(24-19-25(36)21(4)16-26(24)40)37-38-33(31)35(41)39(34)14-12-22-8-10-27(42-5)29(17-22)43-6/h8-11,16-20,34,40H,7,12-15H2,1-6H3,(H,37,38). The van der Waals surface area contributed by atoms with Gasteiger partial charge >= 0.3 is 0 Å². The van der Waals surface area contributed by atoms with Gasteiger partial charge in [-0.05, 0) is 85.7 Å². The van der Waals surface area contributed by atoms with Gasteiger partial charge in [-0.2, -0.15) is 5.10 Å². The average Bonchev–Trinajstić information content (AvgIpc) is 3.56. The number of aromatic amines is 1. The van der Waals surface area contributed by atoms with E-state index in [1.165, 1.54) is 0 Å². The lowest BCUT2D eigenvalue weighted by Gasteiger charge is -2.27. The summed E-state index contributed by atoms with van der Waals surface area (Å²) < 4.78 is 23.0. The number of carbonyl (C=O) groups excluding carboxylic acids is 1. The van der Waals surface area contributed by atoms with Crippen LogP contribution in [0.4, 0.5) is 0 Å². The molecule has 1 amide bonds. The van der Waals surface area contributed by atoms with Crippen molar-refractivity contribution < 1.29 is 28.8 Å². The minimum Gasteiger partial charge on any atom is -0.507 e. The van der Waals surface area contributed by atoms with Crippen LogP contribution in [-0.4, -0.2) is 60.1 Å². The molecule has 0 saturated carbocycles. The smallest absolute Gasteiger partial charge is 0.273 e. The van der Waals surface area contributed by atoms with Crippen molar-refractivity contribution in [1.29, 1.82) is 0 Å². The number of fused-ring (bicyclic) bond motifs is 1. The van der Waals surface area contributed by atoms with Gasteiger partial charge in [-0.3, -0.25) is 9.89 Å². The van der Waals surface area contributed by atoms with E-state index in [1.807, 2.05) is 55.1 Å². The summed E-state index contributed by atoms with van der Waals surface area (Å²) >= 11 is 6.49. The Morgan fingerprint density at radius 3 is 2.47 bits per heavy atom. The van der Waals surface area contributed by atoms with Crippen molar-refractivity contribution in [1.82, 2.24) is 15.1 Å². The van der Waals surface area contributed by atoms with E-state index in [0.717, 1.165) is 23.1 Å². The van der Waals surface area contributed by atoms with Crippen LogP contribution in [-0.2, 0) is 6.42 Å². The molecule has 0 aliphatic carbocycles. The first-order valence-corrected chi connectivity index (χ1v) is 15.5. The third-order valence-electron chi connectivity index (χ3n) is 8.02. The van der Waals surface area contributed by atoms with Crippen LogP contribution in [0.5, 0.6) is 28.7 Å². The van der Waals surface area contributed by atoms with E-state index in [1.54, 1.807) is 26.4 Å². The van der Waals surface area contributed by atoms with Gasteiger partial charge in [0.05, 0.1) is 33.5 Å². The molecule has 45 heavy (non-hydrogen) atoms. The topological polar surface area (TPSA) is 106 Å². The Kier molecular flexibility index (Phi) is 9.77. The first-order valence-electron chi connectivity index (χ1n) is 15.2. The highest BCUT2D eigenvalue weighted by atomic mass is 35.5. The van der Waals surface area contributed by atoms with Gasteiger partial charge in [0, 0.05) is 22.7 Å². The number of nitrogens with one attached hydrogen (secondary N) is 1. The second-order valence-corrected chi connectivity index (χ2v) is 11.9. The van der Waals surface area contributed by atoms with Crippen molar-refractivity contribution in [2.45, 2.75) is 46.6 Å². The van der Waals surface area contributed by atoms with E-state index in [-0.39, 0.29) is 11.7 Å². The number of ether oxygens (including phenoxy) is 4. The van der Waals surface area contributed by atoms with Crippen molar-refractivity contribution in [3.63, 3.8) is 0 Å². The number of aromatic nitrogens is 2. The van der Waals surface area contributed by atoms with Crippen LogP contribution in [0.1, 0.15) is 66.0 Å². The van der Waals surface area contributed by atoms with Gasteiger partial charge in [0.15, 0.2) is 23.0 Å². The van der Waals surface area contributed by atoms with Gasteiger partial charge in [-0.25, -0.2) is 0 Å². The number of phenolic OH excluding ortho intramolecular Hbond substituents is 1. The van der Waals surface area contributed by atoms with Crippen LogP contribution in [0.25, 0.3) is 11.3 Å². The molecule has 2 N–H and O–H groups in total. The molecule has 0 saturated heterocycles. The summed E-state index contributed by atoms with van der Waals surface area (Å²) in [5.74, 6) is 2.86. The molecule has 3 aromatic carbocycles. The van der Waals surface area contributed by atoms with Gasteiger partial charge < -0.3 is 29.0 Å². The quantitative estimate of drug-likeness (QED) is 0.158. The summed E-state index contributed by atoms with van der Waals surface area (Å²) in [6.45, 7) is 9.48. The van der Waals surface area contributed by atoms with Crippen LogP contribution in [0.3, 0.4) is 0 Å².